The zero-order valence-corrected chi connectivity index (χ0v) is 19.4. The molecule has 1 amide bonds. The van der Waals surface area contributed by atoms with Gasteiger partial charge in [0.2, 0.25) is 0 Å². The first-order valence-electron chi connectivity index (χ1n) is 11.2. The molecule has 2 aromatic heterocycles. The van der Waals surface area contributed by atoms with Crippen LogP contribution in [0.3, 0.4) is 0 Å². The van der Waals surface area contributed by atoms with Crippen molar-refractivity contribution < 1.29 is 4.79 Å². The fourth-order valence-electron chi connectivity index (χ4n) is 3.97. The molecule has 170 valence electrons. The van der Waals surface area contributed by atoms with Crippen LogP contribution in [0.25, 0.3) is 10.9 Å². The molecule has 0 saturated carbocycles. The monoisotopic (exact) mass is 435 g/mol. The molecule has 0 spiro atoms. The van der Waals surface area contributed by atoms with Crippen LogP contribution in [0.5, 0.6) is 0 Å². The third kappa shape index (κ3) is 4.50. The summed E-state index contributed by atoms with van der Waals surface area (Å²) in [5.41, 5.74) is 9.08. The minimum Gasteiger partial charge on any atom is -0.399 e. The number of nitrogens with two attached hydrogens (primary N) is 1. The fraction of sp³-hybridized carbons (Fsp3) is 0.417. The van der Waals surface area contributed by atoms with Gasteiger partial charge in [0.05, 0.1) is 5.69 Å². The van der Waals surface area contributed by atoms with Gasteiger partial charge < -0.3 is 20.9 Å². The van der Waals surface area contributed by atoms with E-state index in [1.165, 1.54) is 0 Å². The van der Waals surface area contributed by atoms with Gasteiger partial charge in [-0.2, -0.15) is 0 Å². The Morgan fingerprint density at radius 3 is 2.69 bits per heavy atom. The van der Waals surface area contributed by atoms with E-state index < -0.39 is 0 Å². The number of anilines is 3. The standard InChI is InChI=1S/C24H33N7O/c1-5-24(2,3)28-20-7-6-10-26-22(20)29(4)31-13-11-30(12-14-31)23(32)21-16-17-15-18(25)8-9-19(17)27-21/h6-10,15-16,27-28H,5,11-14,25H2,1-4H3. The third-order valence-corrected chi connectivity index (χ3v) is 6.29. The molecule has 0 aliphatic carbocycles. The van der Waals surface area contributed by atoms with Crippen molar-refractivity contribution in [1.82, 2.24) is 19.9 Å². The van der Waals surface area contributed by atoms with Crippen molar-refractivity contribution in [3.05, 3.63) is 48.3 Å². The lowest BCUT2D eigenvalue weighted by atomic mass is 10.0. The number of nitrogens with one attached hydrogen (secondary N) is 2. The van der Waals surface area contributed by atoms with Gasteiger partial charge in [-0.25, -0.2) is 9.99 Å². The van der Waals surface area contributed by atoms with Gasteiger partial charge in [-0.15, -0.1) is 0 Å². The van der Waals surface area contributed by atoms with Crippen molar-refractivity contribution >= 4 is 34.0 Å². The molecule has 0 bridgehead atoms. The Labute approximate surface area is 189 Å². The second-order valence-electron chi connectivity index (χ2n) is 9.04. The van der Waals surface area contributed by atoms with E-state index in [1.807, 2.05) is 48.5 Å². The Balaban J connectivity index is 1.43. The van der Waals surface area contributed by atoms with Gasteiger partial charge in [-0.1, -0.05) is 6.92 Å². The van der Waals surface area contributed by atoms with E-state index in [0.717, 1.165) is 41.9 Å². The van der Waals surface area contributed by atoms with Gasteiger partial charge in [0.15, 0.2) is 5.82 Å². The van der Waals surface area contributed by atoms with Crippen LogP contribution >= 0.6 is 0 Å². The quantitative estimate of drug-likeness (QED) is 0.513. The molecule has 1 aromatic carbocycles. The first-order valence-corrected chi connectivity index (χ1v) is 11.2. The number of nitrogen functional groups attached to an aromatic ring is 1. The highest BCUT2D eigenvalue weighted by Gasteiger charge is 2.27. The molecule has 8 nitrogen and oxygen atoms in total. The highest BCUT2D eigenvalue weighted by atomic mass is 16.2. The Hall–Kier alpha value is -3.26. The summed E-state index contributed by atoms with van der Waals surface area (Å²) < 4.78 is 0. The zero-order valence-electron chi connectivity index (χ0n) is 19.4. The molecule has 0 unspecified atom stereocenters. The van der Waals surface area contributed by atoms with E-state index in [0.29, 0.717) is 24.5 Å². The molecular weight excluding hydrogens is 402 g/mol. The van der Waals surface area contributed by atoms with Crippen LogP contribution in [0, 0.1) is 0 Å². The second kappa shape index (κ2) is 8.70. The van der Waals surface area contributed by atoms with Crippen LogP contribution in [-0.2, 0) is 0 Å². The molecule has 4 N–H and O–H groups in total. The zero-order chi connectivity index (χ0) is 22.9. The largest absolute Gasteiger partial charge is 0.399 e. The van der Waals surface area contributed by atoms with Gasteiger partial charge in [-0.3, -0.25) is 9.80 Å². The summed E-state index contributed by atoms with van der Waals surface area (Å²) in [5, 5.41) is 8.91. The van der Waals surface area contributed by atoms with Crippen LogP contribution < -0.4 is 16.1 Å². The smallest absolute Gasteiger partial charge is 0.270 e. The minimum absolute atomic E-state index is 0.0199. The number of carbonyl (C=O) groups excluding carboxylic acids is 1. The molecule has 1 saturated heterocycles. The molecule has 1 aliphatic heterocycles. The lowest BCUT2D eigenvalue weighted by Crippen LogP contribution is -2.54. The SMILES string of the molecule is CCC(C)(C)Nc1cccnc1N(C)N1CCN(C(=O)c2cc3cc(N)ccc3[nH]2)CC1. The maximum atomic E-state index is 13.1. The normalized spacial score (nSPS) is 15.2. The van der Waals surface area contributed by atoms with Crippen LogP contribution in [0.2, 0.25) is 0 Å². The number of hydrogen-bond donors (Lipinski definition) is 3. The first-order chi connectivity index (χ1) is 15.3. The van der Waals surface area contributed by atoms with Crippen LogP contribution in [0.4, 0.5) is 17.2 Å². The number of hydrazine groups is 1. The minimum atomic E-state index is -0.0199. The molecule has 1 aliphatic rings. The number of benzene rings is 1. The second-order valence-corrected chi connectivity index (χ2v) is 9.04. The van der Waals surface area contributed by atoms with E-state index in [1.54, 1.807) is 0 Å². The Bertz CT molecular complexity index is 1100. The summed E-state index contributed by atoms with van der Waals surface area (Å²) in [6.07, 6.45) is 2.82. The molecule has 3 aromatic rings. The van der Waals surface area contributed by atoms with E-state index in [-0.39, 0.29) is 11.4 Å². The Morgan fingerprint density at radius 1 is 1.22 bits per heavy atom. The van der Waals surface area contributed by atoms with Crippen molar-refractivity contribution in [3.63, 3.8) is 0 Å². The maximum Gasteiger partial charge on any atom is 0.270 e. The molecule has 4 rings (SSSR count). The molecule has 8 heteroatoms. The molecular formula is C24H33N7O. The summed E-state index contributed by atoms with van der Waals surface area (Å²) in [5.74, 6) is 0.911. The van der Waals surface area contributed by atoms with Gasteiger partial charge >= 0.3 is 0 Å². The summed E-state index contributed by atoms with van der Waals surface area (Å²) in [6.45, 7) is 9.32. The van der Waals surface area contributed by atoms with E-state index in [2.05, 4.69) is 52.1 Å². The number of rotatable bonds is 6. The van der Waals surface area contributed by atoms with E-state index in [9.17, 15) is 4.79 Å². The molecule has 1 fully saturated rings. The average Bonchev–Trinajstić information content (AvgIpc) is 3.21. The summed E-state index contributed by atoms with van der Waals surface area (Å²) in [4.78, 5) is 22.8. The van der Waals surface area contributed by atoms with E-state index >= 15 is 0 Å². The predicted octanol–water partition coefficient (Wildman–Crippen LogP) is 3.55. The maximum absolute atomic E-state index is 13.1. The van der Waals surface area contributed by atoms with Crippen molar-refractivity contribution in [2.45, 2.75) is 32.7 Å². The van der Waals surface area contributed by atoms with Crippen LogP contribution in [-0.4, -0.2) is 64.5 Å². The van der Waals surface area contributed by atoms with Crippen LogP contribution in [0.15, 0.2) is 42.6 Å². The highest BCUT2D eigenvalue weighted by molar-refractivity contribution is 5.98. The van der Waals surface area contributed by atoms with Gasteiger partial charge in [-0.05, 0) is 56.7 Å². The Kier molecular flexibility index (Phi) is 5.97. The van der Waals surface area contributed by atoms with Crippen LogP contribution in [0.1, 0.15) is 37.7 Å². The number of nitrogens with zero attached hydrogens (tertiary/aromatic N) is 4. The van der Waals surface area contributed by atoms with Gasteiger partial charge in [0.25, 0.3) is 5.91 Å². The number of H-pyrrole nitrogens is 1. The van der Waals surface area contributed by atoms with Gasteiger partial charge in [0, 0.05) is 61.6 Å². The number of carbonyl (C=O) groups is 1. The van der Waals surface area contributed by atoms with Crippen molar-refractivity contribution in [2.24, 2.45) is 0 Å². The number of pyridine rings is 1. The topological polar surface area (TPSA) is 93.5 Å². The number of piperazine rings is 1. The Morgan fingerprint density at radius 2 is 1.97 bits per heavy atom. The first kappa shape index (κ1) is 22.0. The summed E-state index contributed by atoms with van der Waals surface area (Å²) in [6, 6.07) is 11.5. The number of aromatic amines is 1. The van der Waals surface area contributed by atoms with Crippen molar-refractivity contribution in [2.75, 3.05) is 49.3 Å². The molecule has 0 radical (unpaired) electrons. The lowest BCUT2D eigenvalue weighted by Gasteiger charge is -2.40. The van der Waals surface area contributed by atoms with E-state index in [4.69, 9.17) is 5.73 Å². The lowest BCUT2D eigenvalue weighted by molar-refractivity contribution is 0.0623. The average molecular weight is 436 g/mol. The van der Waals surface area contributed by atoms with Crippen molar-refractivity contribution in [3.8, 4) is 0 Å². The molecule has 32 heavy (non-hydrogen) atoms. The number of amides is 1. The fourth-order valence-corrected chi connectivity index (χ4v) is 3.97. The number of aromatic nitrogens is 2. The van der Waals surface area contributed by atoms with Crippen molar-refractivity contribution in [1.29, 1.82) is 0 Å². The highest BCUT2D eigenvalue weighted by Crippen LogP contribution is 2.28. The third-order valence-electron chi connectivity index (χ3n) is 6.29. The molecule has 0 atom stereocenters. The summed E-state index contributed by atoms with van der Waals surface area (Å²) >= 11 is 0. The number of hydrogen-bond acceptors (Lipinski definition) is 6. The molecule has 3 heterocycles. The predicted molar refractivity (Wildman–Crippen MR) is 131 cm³/mol. The number of fused-ring (bicyclic) bond motifs is 1. The van der Waals surface area contributed by atoms with Gasteiger partial charge in [0.1, 0.15) is 5.69 Å². The summed E-state index contributed by atoms with van der Waals surface area (Å²) in [7, 11) is 2.03.